The van der Waals surface area contributed by atoms with Crippen LogP contribution in [0.2, 0.25) is 0 Å². The van der Waals surface area contributed by atoms with Crippen molar-refractivity contribution >= 4 is 0 Å². The molecule has 0 heterocycles. The Balaban J connectivity index is 3.94. The number of nitrogens with one attached hydrogen (secondary N) is 1. The third-order valence-corrected chi connectivity index (χ3v) is 2.64. The van der Waals surface area contributed by atoms with E-state index in [1.807, 2.05) is 0 Å². The van der Waals surface area contributed by atoms with Gasteiger partial charge in [-0.05, 0) is 33.4 Å². The molecule has 0 saturated heterocycles. The highest BCUT2D eigenvalue weighted by molar-refractivity contribution is 4.74. The van der Waals surface area contributed by atoms with Crippen molar-refractivity contribution in [3.05, 3.63) is 0 Å². The van der Waals surface area contributed by atoms with E-state index in [9.17, 15) is 0 Å². The van der Waals surface area contributed by atoms with Crippen molar-refractivity contribution in [3.8, 4) is 0 Å². The maximum atomic E-state index is 3.53. The Morgan fingerprint density at radius 2 is 1.69 bits per heavy atom. The Morgan fingerprint density at radius 3 is 2.00 bits per heavy atom. The summed E-state index contributed by atoms with van der Waals surface area (Å²) in [7, 11) is 2.19. The SMILES string of the molecule is CCNC(CN(C)C(C)C)C(C)C. The minimum atomic E-state index is 0.623. The number of hydrogen-bond acceptors (Lipinski definition) is 2. The average molecular weight is 186 g/mol. The largest absolute Gasteiger partial charge is 0.313 e. The fourth-order valence-electron chi connectivity index (χ4n) is 1.29. The van der Waals surface area contributed by atoms with Crippen molar-refractivity contribution in [2.45, 2.75) is 46.7 Å². The second-order valence-corrected chi connectivity index (χ2v) is 4.44. The van der Waals surface area contributed by atoms with Gasteiger partial charge in [0.1, 0.15) is 0 Å². The van der Waals surface area contributed by atoms with E-state index in [2.05, 4.69) is 51.9 Å². The van der Waals surface area contributed by atoms with Gasteiger partial charge >= 0.3 is 0 Å². The Labute approximate surface area is 83.7 Å². The van der Waals surface area contributed by atoms with Crippen molar-refractivity contribution in [2.75, 3.05) is 20.1 Å². The van der Waals surface area contributed by atoms with Crippen molar-refractivity contribution in [2.24, 2.45) is 5.92 Å². The van der Waals surface area contributed by atoms with E-state index in [0.717, 1.165) is 13.1 Å². The highest BCUT2D eigenvalue weighted by atomic mass is 15.1. The van der Waals surface area contributed by atoms with Gasteiger partial charge in [0, 0.05) is 18.6 Å². The molecule has 2 nitrogen and oxygen atoms in total. The molecule has 0 bridgehead atoms. The van der Waals surface area contributed by atoms with Crippen LogP contribution in [-0.2, 0) is 0 Å². The maximum Gasteiger partial charge on any atom is 0.0217 e. The Kier molecular flexibility index (Phi) is 6.35. The first-order valence-corrected chi connectivity index (χ1v) is 5.42. The summed E-state index contributed by atoms with van der Waals surface area (Å²) in [5.41, 5.74) is 0. The molecule has 0 aromatic heterocycles. The Bertz CT molecular complexity index is 121. The van der Waals surface area contributed by atoms with Gasteiger partial charge in [-0.1, -0.05) is 20.8 Å². The smallest absolute Gasteiger partial charge is 0.0217 e. The van der Waals surface area contributed by atoms with Crippen LogP contribution in [0.15, 0.2) is 0 Å². The molecule has 1 unspecified atom stereocenters. The number of nitrogens with zero attached hydrogens (tertiary/aromatic N) is 1. The normalized spacial score (nSPS) is 14.5. The van der Waals surface area contributed by atoms with Crippen LogP contribution in [0.1, 0.15) is 34.6 Å². The third kappa shape index (κ3) is 5.27. The van der Waals surface area contributed by atoms with Crippen LogP contribution < -0.4 is 5.32 Å². The van der Waals surface area contributed by atoms with Gasteiger partial charge in [-0.25, -0.2) is 0 Å². The highest BCUT2D eigenvalue weighted by Crippen LogP contribution is 2.05. The van der Waals surface area contributed by atoms with Gasteiger partial charge in [-0.3, -0.25) is 0 Å². The molecule has 80 valence electrons. The molecule has 0 aliphatic heterocycles. The molecular formula is C11H26N2. The van der Waals surface area contributed by atoms with Crippen molar-refractivity contribution in [1.29, 1.82) is 0 Å². The zero-order chi connectivity index (χ0) is 10.4. The van der Waals surface area contributed by atoms with Crippen LogP contribution in [0.4, 0.5) is 0 Å². The van der Waals surface area contributed by atoms with Crippen LogP contribution >= 0.6 is 0 Å². The van der Waals surface area contributed by atoms with Gasteiger partial charge in [0.05, 0.1) is 0 Å². The zero-order valence-electron chi connectivity index (χ0n) is 10.1. The third-order valence-electron chi connectivity index (χ3n) is 2.64. The number of rotatable bonds is 6. The van der Waals surface area contributed by atoms with Crippen molar-refractivity contribution in [1.82, 2.24) is 10.2 Å². The molecule has 0 aliphatic carbocycles. The van der Waals surface area contributed by atoms with Crippen LogP contribution in [0.25, 0.3) is 0 Å². The Hall–Kier alpha value is -0.0800. The summed E-state index contributed by atoms with van der Waals surface area (Å²) in [6.07, 6.45) is 0. The van der Waals surface area contributed by atoms with E-state index in [1.165, 1.54) is 0 Å². The zero-order valence-corrected chi connectivity index (χ0v) is 10.1. The lowest BCUT2D eigenvalue weighted by molar-refractivity contribution is 0.218. The summed E-state index contributed by atoms with van der Waals surface area (Å²) in [5.74, 6) is 0.709. The van der Waals surface area contributed by atoms with Gasteiger partial charge in [0.15, 0.2) is 0 Å². The molecule has 0 aromatic rings. The minimum Gasteiger partial charge on any atom is -0.313 e. The van der Waals surface area contributed by atoms with E-state index in [1.54, 1.807) is 0 Å². The van der Waals surface area contributed by atoms with Crippen LogP contribution in [0.5, 0.6) is 0 Å². The molecule has 2 heteroatoms. The second kappa shape index (κ2) is 6.39. The molecular weight excluding hydrogens is 160 g/mol. The predicted octanol–water partition coefficient (Wildman–Crippen LogP) is 1.96. The number of likely N-dealkylation sites (N-methyl/N-ethyl adjacent to an activating group) is 2. The quantitative estimate of drug-likeness (QED) is 0.682. The molecule has 1 atom stereocenters. The van der Waals surface area contributed by atoms with Gasteiger partial charge in [0.25, 0.3) is 0 Å². The van der Waals surface area contributed by atoms with E-state index in [4.69, 9.17) is 0 Å². The summed E-state index contributed by atoms with van der Waals surface area (Å²) >= 11 is 0. The lowest BCUT2D eigenvalue weighted by Gasteiger charge is -2.29. The second-order valence-electron chi connectivity index (χ2n) is 4.44. The number of hydrogen-bond donors (Lipinski definition) is 1. The standard InChI is InChI=1S/C11H26N2/c1-7-12-11(9(2)3)8-13(6)10(4)5/h9-12H,7-8H2,1-6H3. The molecule has 0 aliphatic rings. The molecule has 0 rings (SSSR count). The van der Waals surface area contributed by atoms with Crippen molar-refractivity contribution < 1.29 is 0 Å². The average Bonchev–Trinajstić information content (AvgIpc) is 2.03. The summed E-state index contributed by atoms with van der Waals surface area (Å²) in [4.78, 5) is 2.40. The summed E-state index contributed by atoms with van der Waals surface area (Å²) < 4.78 is 0. The fraction of sp³-hybridized carbons (Fsp3) is 1.00. The fourth-order valence-corrected chi connectivity index (χ4v) is 1.29. The summed E-state index contributed by atoms with van der Waals surface area (Å²) in [6, 6.07) is 1.26. The monoisotopic (exact) mass is 186 g/mol. The van der Waals surface area contributed by atoms with Gasteiger partial charge < -0.3 is 10.2 Å². The van der Waals surface area contributed by atoms with Crippen LogP contribution in [-0.4, -0.2) is 37.1 Å². The van der Waals surface area contributed by atoms with Gasteiger partial charge in [-0.2, -0.15) is 0 Å². The highest BCUT2D eigenvalue weighted by Gasteiger charge is 2.15. The lowest BCUT2D eigenvalue weighted by Crippen LogP contribution is -2.44. The molecule has 0 amide bonds. The van der Waals surface area contributed by atoms with Crippen LogP contribution in [0, 0.1) is 5.92 Å². The van der Waals surface area contributed by atoms with E-state index in [-0.39, 0.29) is 0 Å². The summed E-state index contributed by atoms with van der Waals surface area (Å²) in [5, 5.41) is 3.53. The van der Waals surface area contributed by atoms with Crippen LogP contribution in [0.3, 0.4) is 0 Å². The first kappa shape index (κ1) is 12.9. The van der Waals surface area contributed by atoms with E-state index in [0.29, 0.717) is 18.0 Å². The predicted molar refractivity (Wildman–Crippen MR) is 60.1 cm³/mol. The molecule has 0 saturated carbocycles. The van der Waals surface area contributed by atoms with Crippen molar-refractivity contribution in [3.63, 3.8) is 0 Å². The molecule has 0 radical (unpaired) electrons. The molecule has 0 aromatic carbocycles. The topological polar surface area (TPSA) is 15.3 Å². The molecule has 13 heavy (non-hydrogen) atoms. The first-order valence-electron chi connectivity index (χ1n) is 5.42. The Morgan fingerprint density at radius 1 is 1.15 bits per heavy atom. The summed E-state index contributed by atoms with van der Waals surface area (Å²) in [6.45, 7) is 13.4. The van der Waals surface area contributed by atoms with E-state index >= 15 is 0 Å². The van der Waals surface area contributed by atoms with Gasteiger partial charge in [-0.15, -0.1) is 0 Å². The van der Waals surface area contributed by atoms with Gasteiger partial charge in [0.2, 0.25) is 0 Å². The van der Waals surface area contributed by atoms with E-state index < -0.39 is 0 Å². The maximum absolute atomic E-state index is 3.53. The first-order chi connectivity index (χ1) is 5.99. The molecule has 0 spiro atoms. The lowest BCUT2D eigenvalue weighted by atomic mass is 10.0. The molecule has 0 fully saturated rings. The molecule has 1 N–H and O–H groups in total. The minimum absolute atomic E-state index is 0.623.